The van der Waals surface area contributed by atoms with Crippen LogP contribution in [-0.2, 0) is 26.8 Å². The van der Waals surface area contributed by atoms with Crippen LogP contribution in [-0.4, -0.2) is 32.2 Å². The van der Waals surface area contributed by atoms with Crippen LogP contribution in [0, 0.1) is 18.7 Å². The van der Waals surface area contributed by atoms with Crippen molar-refractivity contribution in [3.63, 3.8) is 0 Å². The first-order valence-electron chi connectivity index (χ1n) is 12.3. The number of hydrogen-bond acceptors (Lipinski definition) is 4. The Bertz CT molecular complexity index is 1330. The van der Waals surface area contributed by atoms with Crippen LogP contribution in [0.3, 0.4) is 0 Å². The van der Waals surface area contributed by atoms with Crippen molar-refractivity contribution in [2.75, 3.05) is 12.8 Å². The van der Waals surface area contributed by atoms with E-state index in [4.69, 9.17) is 0 Å². The summed E-state index contributed by atoms with van der Waals surface area (Å²) in [5.41, 5.74) is 3.67. The fourth-order valence-electron chi connectivity index (χ4n) is 4.98. The molecule has 0 spiro atoms. The lowest BCUT2D eigenvalue weighted by atomic mass is 9.64. The molecule has 1 aliphatic heterocycles. The molecule has 3 N–H and O–H groups in total. The Hall–Kier alpha value is -3.07. The Morgan fingerprint density at radius 3 is 2.19 bits per heavy atom. The van der Waals surface area contributed by atoms with Gasteiger partial charge in [-0.3, -0.25) is 4.79 Å². The second-order valence-electron chi connectivity index (χ2n) is 9.66. The van der Waals surface area contributed by atoms with Crippen LogP contribution in [0.5, 0.6) is 0 Å². The van der Waals surface area contributed by atoms with E-state index in [1.165, 1.54) is 12.1 Å². The van der Waals surface area contributed by atoms with Gasteiger partial charge in [-0.2, -0.15) is 0 Å². The third kappa shape index (κ3) is 6.26. The molecule has 3 aromatic carbocycles. The number of aliphatic hydroxyl groups excluding tert-OH is 1. The van der Waals surface area contributed by atoms with Gasteiger partial charge in [0, 0.05) is 6.54 Å². The standard InChI is InChI=1S/C29H32FN2O4S/c1-20-5-11-23(12-6-20)29(24-13-7-21(8-14-24)4-3-19-31-37(2,35)36)26(28(34)32-29)17-18-27(33)22-9-15-25(30)16-10-22/h5-16,26-27,31,33H,1,3-4,17-19H2,2H3,(H,32,34)/t26-,27-,29-/m0/s1. The van der Waals surface area contributed by atoms with Gasteiger partial charge in [-0.25, -0.2) is 17.5 Å². The summed E-state index contributed by atoms with van der Waals surface area (Å²) < 4.78 is 38.3. The van der Waals surface area contributed by atoms with E-state index in [0.29, 0.717) is 37.8 Å². The molecule has 3 aromatic rings. The van der Waals surface area contributed by atoms with Gasteiger partial charge in [0.25, 0.3) is 0 Å². The predicted molar refractivity (Wildman–Crippen MR) is 142 cm³/mol. The number of benzene rings is 3. The van der Waals surface area contributed by atoms with Crippen LogP contribution >= 0.6 is 0 Å². The highest BCUT2D eigenvalue weighted by Gasteiger charge is 2.55. The minimum absolute atomic E-state index is 0.0825. The maximum Gasteiger partial charge on any atom is 0.227 e. The van der Waals surface area contributed by atoms with E-state index in [-0.39, 0.29) is 11.7 Å². The third-order valence-electron chi connectivity index (χ3n) is 6.97. The van der Waals surface area contributed by atoms with Gasteiger partial charge >= 0.3 is 0 Å². The van der Waals surface area contributed by atoms with E-state index in [0.717, 1.165) is 28.5 Å². The zero-order valence-electron chi connectivity index (χ0n) is 20.8. The van der Waals surface area contributed by atoms with Gasteiger partial charge in [-0.1, -0.05) is 60.7 Å². The van der Waals surface area contributed by atoms with E-state index in [2.05, 4.69) is 17.0 Å². The van der Waals surface area contributed by atoms with Crippen molar-refractivity contribution in [1.29, 1.82) is 0 Å². The summed E-state index contributed by atoms with van der Waals surface area (Å²) >= 11 is 0. The first kappa shape index (κ1) is 27.0. The van der Waals surface area contributed by atoms with Gasteiger partial charge in [0.05, 0.1) is 18.3 Å². The highest BCUT2D eigenvalue weighted by molar-refractivity contribution is 7.88. The molecule has 37 heavy (non-hydrogen) atoms. The van der Waals surface area contributed by atoms with Gasteiger partial charge in [-0.05, 0) is 72.6 Å². The zero-order chi connectivity index (χ0) is 26.6. The van der Waals surface area contributed by atoms with Gasteiger partial charge in [0.1, 0.15) is 11.4 Å². The van der Waals surface area contributed by atoms with Crippen LogP contribution in [0.15, 0.2) is 72.8 Å². The molecule has 4 rings (SSSR count). The van der Waals surface area contributed by atoms with Gasteiger partial charge < -0.3 is 10.4 Å². The number of amides is 1. The second kappa shape index (κ2) is 11.1. The normalized spacial score (nSPS) is 20.2. The van der Waals surface area contributed by atoms with Crippen molar-refractivity contribution in [2.24, 2.45) is 5.92 Å². The molecule has 1 amide bonds. The maximum atomic E-state index is 13.3. The lowest BCUT2D eigenvalue weighted by molar-refractivity contribution is -0.140. The quantitative estimate of drug-likeness (QED) is 0.262. The topological polar surface area (TPSA) is 95.5 Å². The number of sulfonamides is 1. The van der Waals surface area contributed by atoms with E-state index in [1.54, 1.807) is 12.1 Å². The summed E-state index contributed by atoms with van der Waals surface area (Å²) in [7, 11) is -3.21. The number of rotatable bonds is 11. The fourth-order valence-corrected chi connectivity index (χ4v) is 5.49. The summed E-state index contributed by atoms with van der Waals surface area (Å²) in [5.74, 6) is -0.846. The number of β-lactam (4-membered cyclic amide) rings is 1. The van der Waals surface area contributed by atoms with Crippen molar-refractivity contribution >= 4 is 15.9 Å². The van der Waals surface area contributed by atoms with E-state index in [1.807, 2.05) is 48.5 Å². The van der Waals surface area contributed by atoms with E-state index >= 15 is 0 Å². The maximum absolute atomic E-state index is 13.3. The van der Waals surface area contributed by atoms with Crippen molar-refractivity contribution in [3.8, 4) is 0 Å². The van der Waals surface area contributed by atoms with E-state index in [9.17, 15) is 22.7 Å². The molecule has 0 aromatic heterocycles. The molecule has 0 bridgehead atoms. The number of halogens is 1. The van der Waals surface area contributed by atoms with Crippen molar-refractivity contribution < 1.29 is 22.7 Å². The Labute approximate surface area is 218 Å². The Balaban J connectivity index is 1.54. The van der Waals surface area contributed by atoms with Crippen LogP contribution < -0.4 is 10.0 Å². The summed E-state index contributed by atoms with van der Waals surface area (Å²) in [6, 6.07) is 21.5. The molecule has 1 heterocycles. The molecule has 3 atom stereocenters. The predicted octanol–water partition coefficient (Wildman–Crippen LogP) is 3.99. The molecule has 8 heteroatoms. The van der Waals surface area contributed by atoms with Crippen LogP contribution in [0.25, 0.3) is 0 Å². The molecule has 1 aliphatic rings. The first-order chi connectivity index (χ1) is 17.6. The number of carbonyl (C=O) groups is 1. The zero-order valence-corrected chi connectivity index (χ0v) is 21.6. The molecular weight excluding hydrogens is 491 g/mol. The molecular formula is C29H32FN2O4S. The molecule has 0 unspecified atom stereocenters. The average molecular weight is 524 g/mol. The van der Waals surface area contributed by atoms with Crippen LogP contribution in [0.1, 0.15) is 53.2 Å². The smallest absolute Gasteiger partial charge is 0.227 e. The minimum atomic E-state index is -3.21. The summed E-state index contributed by atoms with van der Waals surface area (Å²) in [5, 5.41) is 13.8. The van der Waals surface area contributed by atoms with Crippen molar-refractivity contribution in [1.82, 2.24) is 10.0 Å². The average Bonchev–Trinajstić information content (AvgIpc) is 2.86. The minimum Gasteiger partial charge on any atom is -0.388 e. The Morgan fingerprint density at radius 2 is 1.62 bits per heavy atom. The van der Waals surface area contributed by atoms with Crippen molar-refractivity contribution in [3.05, 3.63) is 113 Å². The number of aryl methyl sites for hydroxylation is 1. The van der Waals surface area contributed by atoms with Gasteiger partial charge in [0.15, 0.2) is 0 Å². The molecule has 0 aliphatic carbocycles. The monoisotopic (exact) mass is 523 g/mol. The summed E-state index contributed by atoms with van der Waals surface area (Å²) in [6.07, 6.45) is 2.51. The summed E-state index contributed by atoms with van der Waals surface area (Å²) in [4.78, 5) is 12.9. The number of aliphatic hydroxyl groups is 1. The highest BCUT2D eigenvalue weighted by Crippen LogP contribution is 2.46. The molecule has 195 valence electrons. The second-order valence-corrected chi connectivity index (χ2v) is 11.5. The first-order valence-corrected chi connectivity index (χ1v) is 14.2. The third-order valence-corrected chi connectivity index (χ3v) is 7.70. The lowest BCUT2D eigenvalue weighted by Gasteiger charge is -2.50. The van der Waals surface area contributed by atoms with Gasteiger partial charge in [-0.15, -0.1) is 0 Å². The SMILES string of the molecule is [CH2]c1ccc([C@@]2(c3ccc(CCCNS(C)(=O)=O)cc3)NC(=O)[C@@H]2CC[C@H](O)c2ccc(F)cc2)cc1. The fraction of sp³-hybridized carbons (Fsp3) is 0.310. The van der Waals surface area contributed by atoms with Gasteiger partial charge in [0.2, 0.25) is 15.9 Å². The van der Waals surface area contributed by atoms with Crippen LogP contribution in [0.4, 0.5) is 4.39 Å². The largest absolute Gasteiger partial charge is 0.388 e. The molecule has 1 radical (unpaired) electrons. The van der Waals surface area contributed by atoms with Crippen molar-refractivity contribution in [2.45, 2.75) is 37.3 Å². The number of carbonyl (C=O) groups excluding carboxylic acids is 1. The molecule has 0 saturated carbocycles. The molecule has 1 fully saturated rings. The van der Waals surface area contributed by atoms with E-state index < -0.39 is 27.6 Å². The number of nitrogens with one attached hydrogen (secondary N) is 2. The summed E-state index contributed by atoms with van der Waals surface area (Å²) in [6.45, 7) is 4.34. The highest BCUT2D eigenvalue weighted by atomic mass is 32.2. The lowest BCUT2D eigenvalue weighted by Crippen LogP contribution is -2.67. The Morgan fingerprint density at radius 1 is 1.03 bits per heavy atom. The molecule has 6 nitrogen and oxygen atoms in total. The molecule has 1 saturated heterocycles. The number of hydrogen-bond donors (Lipinski definition) is 3. The Kier molecular flexibility index (Phi) is 8.11. The van der Waals surface area contributed by atoms with Crippen LogP contribution in [0.2, 0.25) is 0 Å².